The second kappa shape index (κ2) is 7.43. The lowest BCUT2D eigenvalue weighted by atomic mass is 10.2. The van der Waals surface area contributed by atoms with Crippen molar-refractivity contribution < 1.29 is 14.6 Å². The fourth-order valence-corrected chi connectivity index (χ4v) is 1.33. The van der Waals surface area contributed by atoms with E-state index in [0.29, 0.717) is 17.9 Å². The zero-order chi connectivity index (χ0) is 13.4. The lowest BCUT2D eigenvalue weighted by Gasteiger charge is -2.11. The van der Waals surface area contributed by atoms with Gasteiger partial charge in [0.05, 0.1) is 6.61 Å². The number of rotatable bonds is 4. The van der Waals surface area contributed by atoms with Crippen molar-refractivity contribution >= 4 is 5.91 Å². The van der Waals surface area contributed by atoms with Gasteiger partial charge in [0.1, 0.15) is 12.3 Å². The van der Waals surface area contributed by atoms with Crippen LogP contribution in [0.2, 0.25) is 0 Å². The lowest BCUT2D eigenvalue weighted by Crippen LogP contribution is -2.36. The number of aromatic nitrogens is 1. The Morgan fingerprint density at radius 2 is 2.39 bits per heavy atom. The van der Waals surface area contributed by atoms with Crippen LogP contribution in [-0.4, -0.2) is 42.4 Å². The number of hydrogen-bond acceptors (Lipinski definition) is 4. The minimum atomic E-state index is -0.249. The van der Waals surface area contributed by atoms with Crippen LogP contribution in [0, 0.1) is 11.8 Å². The van der Waals surface area contributed by atoms with Gasteiger partial charge in [0.2, 0.25) is 0 Å². The summed E-state index contributed by atoms with van der Waals surface area (Å²) >= 11 is 0. The van der Waals surface area contributed by atoms with Crippen molar-refractivity contribution in [1.82, 2.24) is 10.3 Å². The maximum atomic E-state index is 11.8. The van der Waals surface area contributed by atoms with Crippen LogP contribution in [0.25, 0.3) is 0 Å². The van der Waals surface area contributed by atoms with Crippen molar-refractivity contribution in [3.8, 4) is 11.8 Å². The first-order chi connectivity index (χ1) is 8.67. The quantitative estimate of drug-likeness (QED) is 0.746. The molecule has 1 unspecified atom stereocenters. The largest absolute Gasteiger partial charge is 0.384 e. The summed E-state index contributed by atoms with van der Waals surface area (Å²) in [4.78, 5) is 15.8. The Morgan fingerprint density at radius 3 is 2.94 bits per heavy atom. The molecule has 5 nitrogen and oxygen atoms in total. The van der Waals surface area contributed by atoms with Gasteiger partial charge in [-0.05, 0) is 19.1 Å². The molecule has 0 aliphatic carbocycles. The van der Waals surface area contributed by atoms with Crippen LogP contribution in [0.3, 0.4) is 0 Å². The number of hydrogen-bond donors (Lipinski definition) is 2. The van der Waals surface area contributed by atoms with Gasteiger partial charge in [-0.1, -0.05) is 11.8 Å². The molecular weight excluding hydrogens is 232 g/mol. The molecule has 1 aromatic heterocycles. The average Bonchev–Trinajstić information content (AvgIpc) is 2.37. The number of amides is 1. The highest BCUT2D eigenvalue weighted by Gasteiger charge is 2.10. The number of pyridine rings is 1. The summed E-state index contributed by atoms with van der Waals surface area (Å²) in [6, 6.07) is 3.21. The molecular formula is C13H16N2O3. The number of carbonyl (C=O) groups is 1. The summed E-state index contributed by atoms with van der Waals surface area (Å²) in [7, 11) is 1.58. The topological polar surface area (TPSA) is 71.5 Å². The molecule has 0 spiro atoms. The molecule has 1 rings (SSSR count). The average molecular weight is 248 g/mol. The predicted molar refractivity (Wildman–Crippen MR) is 67.0 cm³/mol. The van der Waals surface area contributed by atoms with Crippen LogP contribution in [0.1, 0.15) is 23.0 Å². The van der Waals surface area contributed by atoms with Crippen molar-refractivity contribution in [2.45, 2.75) is 13.0 Å². The molecule has 0 aromatic carbocycles. The van der Waals surface area contributed by atoms with Crippen molar-refractivity contribution in [2.75, 3.05) is 20.3 Å². The van der Waals surface area contributed by atoms with E-state index in [1.807, 2.05) is 6.92 Å². The molecule has 1 heterocycles. The SMILES string of the molecule is COCC(C)NC(=O)c1ccc(C#CCO)cn1. The second-order valence-corrected chi connectivity index (χ2v) is 3.72. The second-order valence-electron chi connectivity index (χ2n) is 3.72. The van der Waals surface area contributed by atoms with Gasteiger partial charge >= 0.3 is 0 Å². The normalized spacial score (nSPS) is 11.3. The van der Waals surface area contributed by atoms with Crippen LogP contribution in [0.4, 0.5) is 0 Å². The summed E-state index contributed by atoms with van der Waals surface area (Å²) in [6.45, 7) is 2.10. The molecule has 1 atom stereocenters. The molecule has 18 heavy (non-hydrogen) atoms. The summed E-state index contributed by atoms with van der Waals surface area (Å²) < 4.78 is 4.93. The van der Waals surface area contributed by atoms with Crippen molar-refractivity contribution in [1.29, 1.82) is 0 Å². The third kappa shape index (κ3) is 4.53. The highest BCUT2D eigenvalue weighted by atomic mass is 16.5. The van der Waals surface area contributed by atoms with E-state index in [1.165, 1.54) is 6.20 Å². The van der Waals surface area contributed by atoms with Gasteiger partial charge in [-0.3, -0.25) is 4.79 Å². The number of methoxy groups -OCH3 is 1. The third-order valence-electron chi connectivity index (χ3n) is 2.10. The van der Waals surface area contributed by atoms with Gasteiger partial charge in [0.15, 0.2) is 0 Å². The number of nitrogens with zero attached hydrogens (tertiary/aromatic N) is 1. The molecule has 0 saturated heterocycles. The zero-order valence-electron chi connectivity index (χ0n) is 10.4. The monoisotopic (exact) mass is 248 g/mol. The first-order valence-corrected chi connectivity index (χ1v) is 5.53. The molecule has 96 valence electrons. The van der Waals surface area contributed by atoms with Gasteiger partial charge in [-0.15, -0.1) is 0 Å². The Morgan fingerprint density at radius 1 is 1.61 bits per heavy atom. The summed E-state index contributed by atoms with van der Waals surface area (Å²) in [6.07, 6.45) is 1.50. The van der Waals surface area contributed by atoms with Crippen molar-refractivity contribution in [3.63, 3.8) is 0 Å². The third-order valence-corrected chi connectivity index (χ3v) is 2.10. The number of carbonyl (C=O) groups excluding carboxylic acids is 1. The maximum Gasteiger partial charge on any atom is 0.270 e. The Bertz CT molecular complexity index is 446. The molecule has 0 radical (unpaired) electrons. The Kier molecular flexibility index (Phi) is 5.85. The maximum absolute atomic E-state index is 11.8. The van der Waals surface area contributed by atoms with Crippen LogP contribution < -0.4 is 5.32 Å². The number of nitrogens with one attached hydrogen (secondary N) is 1. The van der Waals surface area contributed by atoms with Gasteiger partial charge < -0.3 is 15.2 Å². The van der Waals surface area contributed by atoms with Crippen LogP contribution in [0.15, 0.2) is 18.3 Å². The predicted octanol–water partition coefficient (Wildman–Crippen LogP) is 0.190. The molecule has 2 N–H and O–H groups in total. The minimum absolute atomic E-state index is 0.0712. The highest BCUT2D eigenvalue weighted by molar-refractivity contribution is 5.92. The van der Waals surface area contributed by atoms with E-state index < -0.39 is 0 Å². The number of ether oxygens (including phenoxy) is 1. The fourth-order valence-electron chi connectivity index (χ4n) is 1.33. The Balaban J connectivity index is 2.64. The van der Waals surface area contributed by atoms with Crippen LogP contribution in [-0.2, 0) is 4.74 Å². The summed E-state index contributed by atoms with van der Waals surface area (Å²) in [5.41, 5.74) is 0.984. The number of aliphatic hydroxyl groups excluding tert-OH is 1. The van der Waals surface area contributed by atoms with Gasteiger partial charge in [-0.2, -0.15) is 0 Å². The molecule has 0 saturated carbocycles. The molecule has 0 fully saturated rings. The van der Waals surface area contributed by atoms with E-state index in [2.05, 4.69) is 22.1 Å². The molecule has 1 amide bonds. The van der Waals surface area contributed by atoms with Crippen LogP contribution in [0.5, 0.6) is 0 Å². The Hall–Kier alpha value is -1.90. The molecule has 5 heteroatoms. The first kappa shape index (κ1) is 14.2. The minimum Gasteiger partial charge on any atom is -0.384 e. The van der Waals surface area contributed by atoms with E-state index in [9.17, 15) is 4.79 Å². The fraction of sp³-hybridized carbons (Fsp3) is 0.385. The van der Waals surface area contributed by atoms with E-state index in [4.69, 9.17) is 9.84 Å². The number of aliphatic hydroxyl groups is 1. The van der Waals surface area contributed by atoms with Crippen molar-refractivity contribution in [3.05, 3.63) is 29.6 Å². The van der Waals surface area contributed by atoms with Gasteiger partial charge in [-0.25, -0.2) is 4.98 Å². The molecule has 1 aromatic rings. The van der Waals surface area contributed by atoms with Gasteiger partial charge in [0.25, 0.3) is 5.91 Å². The summed E-state index contributed by atoms with van der Waals surface area (Å²) in [5.74, 6) is 4.97. The van der Waals surface area contributed by atoms with E-state index in [1.54, 1.807) is 19.2 Å². The smallest absolute Gasteiger partial charge is 0.270 e. The summed E-state index contributed by atoms with van der Waals surface area (Å²) in [5, 5.41) is 11.3. The van der Waals surface area contributed by atoms with Crippen LogP contribution >= 0.6 is 0 Å². The molecule has 0 bridgehead atoms. The standard InChI is InChI=1S/C13H16N2O3/c1-10(9-18-2)15-13(17)12-6-5-11(8-14-12)4-3-7-16/h5-6,8,10,16H,7,9H2,1-2H3,(H,15,17). The zero-order valence-corrected chi connectivity index (χ0v) is 10.4. The van der Waals surface area contributed by atoms with Crippen molar-refractivity contribution in [2.24, 2.45) is 0 Å². The molecule has 0 aliphatic rings. The molecule has 0 aliphatic heterocycles. The first-order valence-electron chi connectivity index (χ1n) is 5.53. The van der Waals surface area contributed by atoms with E-state index in [-0.39, 0.29) is 18.6 Å². The van der Waals surface area contributed by atoms with E-state index >= 15 is 0 Å². The van der Waals surface area contributed by atoms with Gasteiger partial charge in [0, 0.05) is 24.9 Å². The van der Waals surface area contributed by atoms with E-state index in [0.717, 1.165) is 0 Å². The Labute approximate surface area is 106 Å². The lowest BCUT2D eigenvalue weighted by molar-refractivity contribution is 0.0900. The highest BCUT2D eigenvalue weighted by Crippen LogP contribution is 1.99.